The van der Waals surface area contributed by atoms with Gasteiger partial charge >= 0.3 is 64.8 Å². The van der Waals surface area contributed by atoms with Crippen LogP contribution in [0, 0.1) is 0 Å². The first-order chi connectivity index (χ1) is 11.1. The Balaban J connectivity index is 0.00000312. The summed E-state index contributed by atoms with van der Waals surface area (Å²) in [4.78, 5) is 36.7. The molecule has 1 aliphatic rings. The maximum absolute atomic E-state index is 11.8. The molecule has 5 N–H and O–H groups in total. The Morgan fingerprint density at radius 1 is 1.46 bits per heavy atom. The van der Waals surface area contributed by atoms with Crippen LogP contribution < -0.4 is 80.3 Å². The molecule has 0 aliphatic carbocycles. The summed E-state index contributed by atoms with van der Waals surface area (Å²) in [6.45, 7) is -0.786. The quantitative estimate of drug-likeness (QED) is 0.256. The predicted molar refractivity (Wildman–Crippen MR) is 73.3 cm³/mol. The zero-order chi connectivity index (χ0) is 18.1. The molecule has 0 bridgehead atoms. The summed E-state index contributed by atoms with van der Waals surface area (Å²) in [6, 6.07) is 1.26. The van der Waals surface area contributed by atoms with Crippen molar-refractivity contribution in [1.29, 1.82) is 0 Å². The Labute approximate surface area is 192 Å². The van der Waals surface area contributed by atoms with E-state index in [1.807, 2.05) is 0 Å². The number of nitrogen functional groups attached to an aromatic ring is 1. The van der Waals surface area contributed by atoms with E-state index in [0.29, 0.717) is 0 Å². The third kappa shape index (κ3) is 6.61. The van der Waals surface area contributed by atoms with Crippen LogP contribution in [0.15, 0.2) is 17.1 Å². The van der Waals surface area contributed by atoms with Crippen LogP contribution >= 0.6 is 7.60 Å². The topological polar surface area (TPSA) is 203 Å². The molecule has 5 atom stereocenters. The van der Waals surface area contributed by atoms with Gasteiger partial charge < -0.3 is 44.9 Å². The van der Waals surface area contributed by atoms with Gasteiger partial charge in [-0.2, -0.15) is 4.98 Å². The number of hydrogen-bond donors (Lipinski definition) is 4. The molecule has 1 saturated heterocycles. The minimum atomic E-state index is -5.05. The minimum Gasteiger partial charge on any atom is -0.809 e. The Kier molecular flexibility index (Phi) is 11.2. The van der Waals surface area contributed by atoms with Gasteiger partial charge in [0.2, 0.25) is 0 Å². The van der Waals surface area contributed by atoms with Crippen molar-refractivity contribution in [2.45, 2.75) is 30.6 Å². The first kappa shape index (κ1) is 26.6. The van der Waals surface area contributed by atoms with E-state index in [1.165, 1.54) is 12.3 Å². The Morgan fingerprint density at radius 2 is 2.08 bits per heavy atom. The molecule has 0 amide bonds. The van der Waals surface area contributed by atoms with Crippen molar-refractivity contribution in [2.75, 3.05) is 18.7 Å². The van der Waals surface area contributed by atoms with Gasteiger partial charge in [0.25, 0.3) is 0 Å². The molecule has 26 heavy (non-hydrogen) atoms. The first-order valence-corrected chi connectivity index (χ1v) is 8.46. The van der Waals surface area contributed by atoms with Gasteiger partial charge in [0, 0.05) is 6.20 Å². The molecule has 136 valence electrons. The monoisotopic (exact) mass is 411 g/mol. The van der Waals surface area contributed by atoms with Crippen LogP contribution in [0.5, 0.6) is 0 Å². The van der Waals surface area contributed by atoms with Crippen LogP contribution in [-0.4, -0.2) is 62.2 Å². The summed E-state index contributed by atoms with van der Waals surface area (Å²) in [7, 11) is -5.05. The fraction of sp³-hybridized carbons (Fsp3) is 0.636. The van der Waals surface area contributed by atoms with Gasteiger partial charge in [-0.25, -0.2) is 4.79 Å². The third-order valence-electron chi connectivity index (χ3n) is 3.37. The summed E-state index contributed by atoms with van der Waals surface area (Å²) < 4.78 is 21.7. The van der Waals surface area contributed by atoms with Crippen LogP contribution in [0.1, 0.15) is 6.23 Å². The molecule has 0 aromatic carbocycles. The van der Waals surface area contributed by atoms with Crippen molar-refractivity contribution < 1.29 is 98.3 Å². The molecule has 0 radical (unpaired) electrons. The number of hydrogen-bond acceptors (Lipinski definition) is 11. The van der Waals surface area contributed by atoms with Gasteiger partial charge in [-0.3, -0.25) is 4.57 Å². The van der Waals surface area contributed by atoms with Crippen molar-refractivity contribution in [1.82, 2.24) is 9.55 Å². The van der Waals surface area contributed by atoms with Crippen molar-refractivity contribution in [3.05, 3.63) is 22.7 Å². The van der Waals surface area contributed by atoms with E-state index in [9.17, 15) is 29.4 Å². The van der Waals surface area contributed by atoms with E-state index >= 15 is 0 Å². The van der Waals surface area contributed by atoms with E-state index in [-0.39, 0.29) is 64.9 Å². The smallest absolute Gasteiger partial charge is 0.809 e. The standard InChI is InChI=1S/C11H18N3O9P.2Na/c12-6-1-2-14(11(18)13-6)10-7(17)9(22-4-24(19,20)21)8(23-10)5(16)3-15;;/h1-2,5,7-10,15-17H,3-4H2,(H2,12,13,18)(H2,19,20,21);;/q;2*+1/p-2/t5-,7-,8+,9-,10-;;/m1../s1. The molecule has 2 rings (SSSR count). The Hall–Kier alpha value is 0.630. The van der Waals surface area contributed by atoms with Gasteiger partial charge in [-0.05, 0) is 13.7 Å². The van der Waals surface area contributed by atoms with Crippen molar-refractivity contribution in [3.8, 4) is 0 Å². The third-order valence-corrected chi connectivity index (χ3v) is 3.83. The molecule has 0 saturated carbocycles. The fourth-order valence-electron chi connectivity index (χ4n) is 2.31. The summed E-state index contributed by atoms with van der Waals surface area (Å²) in [5.74, 6) is -0.0675. The number of aliphatic hydroxyl groups excluding tert-OH is 3. The molecule has 15 heteroatoms. The average molecular weight is 411 g/mol. The maximum Gasteiger partial charge on any atom is 1.00 e. The second-order valence-corrected chi connectivity index (χ2v) is 6.63. The summed E-state index contributed by atoms with van der Waals surface area (Å²) in [5, 5.41) is 29.0. The van der Waals surface area contributed by atoms with Crippen molar-refractivity contribution in [2.24, 2.45) is 0 Å². The molecular formula is C11H16N3Na2O9P. The van der Waals surface area contributed by atoms with Crippen molar-refractivity contribution >= 4 is 13.4 Å². The van der Waals surface area contributed by atoms with E-state index in [0.717, 1.165) is 4.57 Å². The number of anilines is 1. The molecule has 0 spiro atoms. The van der Waals surface area contributed by atoms with Gasteiger partial charge in [-0.1, -0.05) is 0 Å². The second kappa shape index (κ2) is 11.0. The molecule has 0 unspecified atom stereocenters. The maximum atomic E-state index is 11.8. The Morgan fingerprint density at radius 3 is 2.58 bits per heavy atom. The summed E-state index contributed by atoms with van der Waals surface area (Å²) >= 11 is 0. The zero-order valence-electron chi connectivity index (χ0n) is 14.2. The summed E-state index contributed by atoms with van der Waals surface area (Å²) in [6.07, 6.45) is -7.50. The van der Waals surface area contributed by atoms with Gasteiger partial charge in [0.15, 0.2) is 6.23 Å². The average Bonchev–Trinajstić information content (AvgIpc) is 2.80. The van der Waals surface area contributed by atoms with Crippen LogP contribution in [0.4, 0.5) is 5.82 Å². The van der Waals surface area contributed by atoms with Crippen LogP contribution in [0.3, 0.4) is 0 Å². The van der Waals surface area contributed by atoms with Gasteiger partial charge in [-0.15, -0.1) is 0 Å². The molecule has 12 nitrogen and oxygen atoms in total. The molecule has 1 fully saturated rings. The molecule has 1 aromatic heterocycles. The van der Waals surface area contributed by atoms with Crippen molar-refractivity contribution in [3.63, 3.8) is 0 Å². The van der Waals surface area contributed by atoms with Crippen LogP contribution in [0.25, 0.3) is 0 Å². The first-order valence-electron chi connectivity index (χ1n) is 6.74. The van der Waals surface area contributed by atoms with Gasteiger partial charge in [0.05, 0.1) is 13.0 Å². The fourth-order valence-corrected chi connectivity index (χ4v) is 2.66. The number of nitrogens with zero attached hydrogens (tertiary/aromatic N) is 2. The van der Waals surface area contributed by atoms with E-state index in [1.54, 1.807) is 0 Å². The van der Waals surface area contributed by atoms with E-state index in [4.69, 9.17) is 20.3 Å². The van der Waals surface area contributed by atoms with E-state index < -0.39 is 56.9 Å². The Bertz CT molecular complexity index is 687. The second-order valence-electron chi connectivity index (χ2n) is 5.15. The predicted octanol–water partition coefficient (Wildman–Crippen LogP) is -10.3. The minimum absolute atomic E-state index is 0. The van der Waals surface area contributed by atoms with Crippen LogP contribution in [0.2, 0.25) is 0 Å². The SMILES string of the molecule is Nc1ccn([C@@H]2O[C@@H]([C@H](O)CO)[C@H](OCP(=O)([O-])[O-])[C@H]2O)c(=O)n1.[Na+].[Na+]. The van der Waals surface area contributed by atoms with Gasteiger partial charge in [0.1, 0.15) is 30.2 Å². The number of nitrogens with two attached hydrogens (primary N) is 1. The number of aliphatic hydroxyl groups is 3. The molecule has 1 aliphatic heterocycles. The molecular weight excluding hydrogens is 395 g/mol. The van der Waals surface area contributed by atoms with E-state index in [2.05, 4.69) is 4.98 Å². The largest absolute Gasteiger partial charge is 1.00 e. The van der Waals surface area contributed by atoms with Crippen LogP contribution in [-0.2, 0) is 14.0 Å². The number of rotatable bonds is 6. The summed E-state index contributed by atoms with van der Waals surface area (Å²) in [5.41, 5.74) is 4.49. The molecule has 1 aromatic rings. The zero-order valence-corrected chi connectivity index (χ0v) is 19.1. The number of ether oxygens (including phenoxy) is 2. The number of aromatic nitrogens is 2. The normalized spacial score (nSPS) is 26.7. The molecule has 2 heterocycles.